The number of carbonyl (C=O) groups is 3. The molecular formula is C39H41NO8. The molecule has 0 saturated carbocycles. The van der Waals surface area contributed by atoms with Gasteiger partial charge in [0.15, 0.2) is 17.3 Å². The molecule has 1 N–H and O–H groups in total. The molecule has 1 heterocycles. The van der Waals surface area contributed by atoms with Crippen LogP contribution in [0, 0.1) is 0 Å². The van der Waals surface area contributed by atoms with Crippen molar-refractivity contribution in [3.05, 3.63) is 101 Å². The van der Waals surface area contributed by atoms with Crippen molar-refractivity contribution in [1.29, 1.82) is 0 Å². The standard InChI is InChI=1S/C39H41NO8/c1-38(2,3)48-37(43)40-30(23-26-15-14-25-10-8-9-11-27(25)26)36(42)46-34-22-24(13-18-33(34)45-7)12-17-31(41)28-16-19-32(44-6)29-20-21-39(4,5)47-35(28)29/h8-13,15-22,30H,14,23H2,1-7H3,(H,40,43)/b17-12+. The van der Waals surface area contributed by atoms with Gasteiger partial charge in [-0.05, 0) is 106 Å². The lowest BCUT2D eigenvalue weighted by Gasteiger charge is -2.29. The monoisotopic (exact) mass is 651 g/mol. The van der Waals surface area contributed by atoms with Crippen LogP contribution in [0.15, 0.2) is 72.8 Å². The summed E-state index contributed by atoms with van der Waals surface area (Å²) < 4.78 is 28.4. The highest BCUT2D eigenvalue weighted by Crippen LogP contribution is 2.40. The van der Waals surface area contributed by atoms with Crippen molar-refractivity contribution in [2.24, 2.45) is 0 Å². The van der Waals surface area contributed by atoms with E-state index in [9.17, 15) is 14.4 Å². The predicted octanol–water partition coefficient (Wildman–Crippen LogP) is 7.61. The van der Waals surface area contributed by atoms with E-state index in [0.717, 1.165) is 23.1 Å². The Hall–Kier alpha value is -5.31. The topological polar surface area (TPSA) is 109 Å². The van der Waals surface area contributed by atoms with Crippen molar-refractivity contribution in [2.45, 2.75) is 64.7 Å². The molecule has 0 aromatic heterocycles. The van der Waals surface area contributed by atoms with Crippen molar-refractivity contribution in [1.82, 2.24) is 5.32 Å². The minimum atomic E-state index is -1.05. The number of allylic oxidation sites excluding steroid dienone is 2. The van der Waals surface area contributed by atoms with Crippen LogP contribution in [0.3, 0.4) is 0 Å². The number of methoxy groups -OCH3 is 2. The van der Waals surface area contributed by atoms with E-state index in [0.29, 0.717) is 33.9 Å². The van der Waals surface area contributed by atoms with Crippen LogP contribution >= 0.6 is 0 Å². The number of carbonyl (C=O) groups excluding carboxylic acids is 3. The zero-order valence-electron chi connectivity index (χ0n) is 28.3. The molecule has 3 aromatic carbocycles. The Morgan fingerprint density at radius 3 is 2.44 bits per heavy atom. The second kappa shape index (κ2) is 13.8. The Kier molecular flexibility index (Phi) is 9.79. The molecule has 250 valence electrons. The Balaban J connectivity index is 1.38. The average molecular weight is 652 g/mol. The SMILES string of the molecule is COc1ccc(/C=C/C(=O)c2ccc(OC)c3c2OC(C)(C)C=C3)cc1OC(=O)C(CC1=CCc2ccccc21)NC(=O)OC(C)(C)C. The van der Waals surface area contributed by atoms with Gasteiger partial charge in [0.05, 0.1) is 25.3 Å². The molecular weight excluding hydrogens is 610 g/mol. The van der Waals surface area contributed by atoms with E-state index in [1.54, 1.807) is 64.3 Å². The fourth-order valence-corrected chi connectivity index (χ4v) is 5.53. The van der Waals surface area contributed by atoms with Crippen molar-refractivity contribution in [3.8, 4) is 23.0 Å². The van der Waals surface area contributed by atoms with Gasteiger partial charge in [0.25, 0.3) is 0 Å². The highest BCUT2D eigenvalue weighted by Gasteiger charge is 2.30. The first-order chi connectivity index (χ1) is 22.8. The Labute approximate surface area is 281 Å². The van der Waals surface area contributed by atoms with E-state index in [1.807, 2.05) is 56.3 Å². The number of hydrogen-bond donors (Lipinski definition) is 1. The van der Waals surface area contributed by atoms with Gasteiger partial charge in [-0.15, -0.1) is 0 Å². The maximum Gasteiger partial charge on any atom is 0.408 e. The summed E-state index contributed by atoms with van der Waals surface area (Å²) in [6, 6.07) is 15.3. The first-order valence-corrected chi connectivity index (χ1v) is 15.7. The van der Waals surface area contributed by atoms with Gasteiger partial charge >= 0.3 is 12.1 Å². The number of nitrogens with one attached hydrogen (secondary N) is 1. The van der Waals surface area contributed by atoms with Gasteiger partial charge in [0.1, 0.15) is 28.7 Å². The second-order valence-corrected chi connectivity index (χ2v) is 13.1. The molecule has 1 amide bonds. The Morgan fingerprint density at radius 2 is 1.71 bits per heavy atom. The molecule has 3 aromatic rings. The van der Waals surface area contributed by atoms with Gasteiger partial charge in [-0.2, -0.15) is 0 Å². The van der Waals surface area contributed by atoms with Gasteiger partial charge in [-0.25, -0.2) is 9.59 Å². The Bertz CT molecular complexity index is 1830. The third kappa shape index (κ3) is 7.97. The lowest BCUT2D eigenvalue weighted by molar-refractivity contribution is -0.136. The van der Waals surface area contributed by atoms with Gasteiger partial charge in [-0.1, -0.05) is 42.5 Å². The number of ether oxygens (including phenoxy) is 5. The van der Waals surface area contributed by atoms with E-state index in [2.05, 4.69) is 5.32 Å². The van der Waals surface area contributed by atoms with E-state index in [-0.39, 0.29) is 18.0 Å². The van der Waals surface area contributed by atoms with Crippen LogP contribution < -0.4 is 24.3 Å². The summed E-state index contributed by atoms with van der Waals surface area (Å²) in [6.07, 6.45) is 9.12. The molecule has 1 aliphatic heterocycles. The van der Waals surface area contributed by atoms with Gasteiger partial charge < -0.3 is 29.0 Å². The van der Waals surface area contributed by atoms with Gasteiger partial charge in [0.2, 0.25) is 0 Å². The van der Waals surface area contributed by atoms with Gasteiger partial charge in [-0.3, -0.25) is 4.79 Å². The summed E-state index contributed by atoms with van der Waals surface area (Å²) in [7, 11) is 3.03. The second-order valence-electron chi connectivity index (χ2n) is 13.1. The molecule has 0 spiro atoms. The fraction of sp³-hybridized carbons (Fsp3) is 0.308. The zero-order chi connectivity index (χ0) is 34.6. The van der Waals surface area contributed by atoms with Crippen LogP contribution in [-0.4, -0.2) is 49.3 Å². The quantitative estimate of drug-likeness (QED) is 0.103. The van der Waals surface area contributed by atoms with Crippen LogP contribution in [0.1, 0.15) is 73.7 Å². The van der Waals surface area contributed by atoms with E-state index >= 15 is 0 Å². The molecule has 48 heavy (non-hydrogen) atoms. The maximum absolute atomic E-state index is 13.7. The first-order valence-electron chi connectivity index (χ1n) is 15.7. The minimum Gasteiger partial charge on any atom is -0.496 e. The lowest BCUT2D eigenvalue weighted by atomic mass is 9.97. The minimum absolute atomic E-state index is 0.130. The molecule has 9 heteroatoms. The molecule has 0 bridgehead atoms. The van der Waals surface area contributed by atoms with Gasteiger partial charge in [0, 0.05) is 6.42 Å². The van der Waals surface area contributed by atoms with Crippen LogP contribution in [0.4, 0.5) is 4.79 Å². The number of fused-ring (bicyclic) bond motifs is 2. The molecule has 5 rings (SSSR count). The summed E-state index contributed by atoms with van der Waals surface area (Å²) in [6.45, 7) is 9.07. The number of esters is 1. The smallest absolute Gasteiger partial charge is 0.408 e. The number of amides is 1. The molecule has 0 saturated heterocycles. The van der Waals surface area contributed by atoms with E-state index in [4.69, 9.17) is 23.7 Å². The van der Waals surface area contributed by atoms with Crippen molar-refractivity contribution in [3.63, 3.8) is 0 Å². The van der Waals surface area contributed by atoms with E-state index in [1.165, 1.54) is 13.2 Å². The molecule has 2 aliphatic rings. The highest BCUT2D eigenvalue weighted by atomic mass is 16.6. The molecule has 0 radical (unpaired) electrons. The van der Waals surface area contributed by atoms with Crippen molar-refractivity contribution >= 4 is 35.6 Å². The van der Waals surface area contributed by atoms with Crippen molar-refractivity contribution < 1.29 is 38.1 Å². The lowest BCUT2D eigenvalue weighted by Crippen LogP contribution is -2.45. The summed E-state index contributed by atoms with van der Waals surface area (Å²) in [4.78, 5) is 39.9. The molecule has 1 aliphatic carbocycles. The summed E-state index contributed by atoms with van der Waals surface area (Å²) in [5.74, 6) is 0.516. The first kappa shape index (κ1) is 34.0. The third-order valence-corrected chi connectivity index (χ3v) is 7.81. The number of alkyl carbamates (subject to hydrolysis) is 1. The maximum atomic E-state index is 13.7. The predicted molar refractivity (Wildman–Crippen MR) is 185 cm³/mol. The third-order valence-electron chi connectivity index (χ3n) is 7.81. The number of benzene rings is 3. The van der Waals surface area contributed by atoms with Crippen LogP contribution in [0.25, 0.3) is 17.7 Å². The number of ketones is 1. The zero-order valence-corrected chi connectivity index (χ0v) is 28.3. The molecule has 0 fully saturated rings. The van der Waals surface area contributed by atoms with Crippen LogP contribution in [0.2, 0.25) is 0 Å². The largest absolute Gasteiger partial charge is 0.496 e. The molecule has 1 unspecified atom stereocenters. The summed E-state index contributed by atoms with van der Waals surface area (Å²) in [5, 5.41) is 2.70. The average Bonchev–Trinajstić information content (AvgIpc) is 3.44. The Morgan fingerprint density at radius 1 is 0.979 bits per heavy atom. The highest BCUT2D eigenvalue weighted by molar-refractivity contribution is 6.09. The van der Waals surface area contributed by atoms with Crippen LogP contribution in [0.5, 0.6) is 23.0 Å². The summed E-state index contributed by atoms with van der Waals surface area (Å²) in [5.41, 5.74) is 3.41. The number of hydrogen-bond acceptors (Lipinski definition) is 8. The van der Waals surface area contributed by atoms with E-state index < -0.39 is 29.3 Å². The fourth-order valence-electron chi connectivity index (χ4n) is 5.53. The van der Waals surface area contributed by atoms with Crippen LogP contribution in [-0.2, 0) is 16.0 Å². The number of rotatable bonds is 10. The summed E-state index contributed by atoms with van der Waals surface area (Å²) >= 11 is 0. The normalized spacial score (nSPS) is 15.0. The molecule has 1 atom stereocenters. The molecule has 9 nitrogen and oxygen atoms in total. The van der Waals surface area contributed by atoms with Crippen molar-refractivity contribution in [2.75, 3.05) is 14.2 Å².